The van der Waals surface area contributed by atoms with E-state index in [0.717, 1.165) is 62.7 Å². The number of aromatic nitrogens is 1. The second-order valence-electron chi connectivity index (χ2n) is 8.65. The number of nitrogens with zero attached hydrogens (tertiary/aromatic N) is 2. The van der Waals surface area contributed by atoms with Crippen LogP contribution in [0.15, 0.2) is 4.21 Å². The van der Waals surface area contributed by atoms with Gasteiger partial charge in [-0.05, 0) is 51.4 Å². The fraction of sp³-hybridized carbons (Fsp3) is 0.750. The monoisotopic (exact) mass is 472 g/mol. The zero-order valence-electron chi connectivity index (χ0n) is 18.1. The van der Waals surface area contributed by atoms with Gasteiger partial charge in [-0.25, -0.2) is 18.2 Å². The van der Waals surface area contributed by atoms with Crippen molar-refractivity contribution >= 4 is 38.5 Å². The highest BCUT2D eigenvalue weighted by atomic mass is 32.2. The number of carbonyl (C=O) groups is 2. The molecule has 0 unspecified atom stereocenters. The standard InChI is InChI=1S/C20H32N4O5S2/c1-13-8-10-16(11-9-13)24(15-6-4-3-5-7-15)20(27)23-19-22-14(2)18(30-19)31(28,29)21-12-17(25)26/h13,15-16,21H,3-12H2,1-2H3,(H,25,26)(H,22,23,27)/t13-,16-. The van der Waals surface area contributed by atoms with E-state index in [0.29, 0.717) is 5.92 Å². The van der Waals surface area contributed by atoms with Crippen molar-refractivity contribution in [2.75, 3.05) is 11.9 Å². The third-order valence-electron chi connectivity index (χ3n) is 6.21. The second-order valence-corrected chi connectivity index (χ2v) is 11.6. The van der Waals surface area contributed by atoms with Crippen LogP contribution in [0.3, 0.4) is 0 Å². The SMILES string of the molecule is Cc1nc(NC(=O)N(C2CCCCC2)[C@H]2CC[C@H](C)CC2)sc1S(=O)(=O)NCC(=O)O. The number of hydrogen-bond acceptors (Lipinski definition) is 6. The van der Waals surface area contributed by atoms with Crippen LogP contribution in [0.5, 0.6) is 0 Å². The first-order valence-corrected chi connectivity index (χ1v) is 13.3. The van der Waals surface area contributed by atoms with E-state index in [4.69, 9.17) is 5.11 Å². The molecule has 11 heteroatoms. The third kappa shape index (κ3) is 6.17. The van der Waals surface area contributed by atoms with Crippen LogP contribution in [0.25, 0.3) is 0 Å². The summed E-state index contributed by atoms with van der Waals surface area (Å²) in [6, 6.07) is 0.178. The van der Waals surface area contributed by atoms with Gasteiger partial charge < -0.3 is 10.0 Å². The Kier molecular flexibility index (Phi) is 7.92. The molecule has 2 aliphatic rings. The molecule has 0 saturated heterocycles. The van der Waals surface area contributed by atoms with E-state index in [1.165, 1.54) is 13.3 Å². The van der Waals surface area contributed by atoms with Crippen molar-refractivity contribution in [3.05, 3.63) is 5.69 Å². The van der Waals surface area contributed by atoms with E-state index >= 15 is 0 Å². The van der Waals surface area contributed by atoms with E-state index < -0.39 is 22.5 Å². The fourth-order valence-electron chi connectivity index (χ4n) is 4.57. The quantitative estimate of drug-likeness (QED) is 0.556. The number of rotatable bonds is 7. The van der Waals surface area contributed by atoms with Crippen molar-refractivity contribution in [3.8, 4) is 0 Å². The zero-order valence-corrected chi connectivity index (χ0v) is 19.7. The summed E-state index contributed by atoms with van der Waals surface area (Å²) >= 11 is 0.844. The molecule has 0 aromatic carbocycles. The Balaban J connectivity index is 1.76. The number of nitrogens with one attached hydrogen (secondary N) is 2. The van der Waals surface area contributed by atoms with Gasteiger partial charge in [0.05, 0.1) is 5.69 Å². The molecule has 2 amide bonds. The minimum Gasteiger partial charge on any atom is -0.480 e. The molecule has 3 N–H and O–H groups in total. The number of anilines is 1. The fourth-order valence-corrected chi connectivity index (χ4v) is 6.99. The van der Waals surface area contributed by atoms with Crippen molar-refractivity contribution in [3.63, 3.8) is 0 Å². The van der Waals surface area contributed by atoms with Crippen LogP contribution in [0, 0.1) is 12.8 Å². The first-order valence-electron chi connectivity index (χ1n) is 11.0. The number of urea groups is 1. The molecule has 2 fully saturated rings. The maximum absolute atomic E-state index is 13.3. The lowest BCUT2D eigenvalue weighted by Crippen LogP contribution is -2.51. The van der Waals surface area contributed by atoms with Crippen molar-refractivity contribution in [2.24, 2.45) is 5.92 Å². The highest BCUT2D eigenvalue weighted by Gasteiger charge is 2.34. The summed E-state index contributed by atoms with van der Waals surface area (Å²) in [6.45, 7) is 3.07. The van der Waals surface area contributed by atoms with Crippen molar-refractivity contribution < 1.29 is 23.1 Å². The number of carboxylic acid groups (broad SMARTS) is 1. The van der Waals surface area contributed by atoms with Crippen LogP contribution in [0.2, 0.25) is 0 Å². The van der Waals surface area contributed by atoms with E-state index in [1.807, 2.05) is 9.62 Å². The van der Waals surface area contributed by atoms with Crippen molar-refractivity contribution in [1.29, 1.82) is 0 Å². The Hall–Kier alpha value is -1.72. The number of hydrogen-bond donors (Lipinski definition) is 3. The summed E-state index contributed by atoms with van der Waals surface area (Å²) in [4.78, 5) is 30.2. The van der Waals surface area contributed by atoms with E-state index in [1.54, 1.807) is 0 Å². The number of sulfonamides is 1. The topological polar surface area (TPSA) is 129 Å². The molecule has 31 heavy (non-hydrogen) atoms. The first-order chi connectivity index (χ1) is 14.7. The van der Waals surface area contributed by atoms with Gasteiger partial charge >= 0.3 is 12.0 Å². The molecule has 0 atom stereocenters. The van der Waals surface area contributed by atoms with Crippen LogP contribution in [0.4, 0.5) is 9.93 Å². The predicted octanol–water partition coefficient (Wildman–Crippen LogP) is 3.56. The Bertz CT molecular complexity index is 887. The normalized spacial score (nSPS) is 22.8. The average Bonchev–Trinajstić information content (AvgIpc) is 3.10. The molecule has 2 saturated carbocycles. The highest BCUT2D eigenvalue weighted by molar-refractivity contribution is 7.91. The molecule has 0 aliphatic heterocycles. The molecule has 1 aromatic rings. The van der Waals surface area contributed by atoms with Gasteiger partial charge in [-0.1, -0.05) is 37.5 Å². The van der Waals surface area contributed by atoms with Gasteiger partial charge in [0.2, 0.25) is 0 Å². The number of carbonyl (C=O) groups excluding carboxylic acids is 1. The molecule has 2 aliphatic carbocycles. The largest absolute Gasteiger partial charge is 0.480 e. The first kappa shape index (κ1) is 23.9. The number of aliphatic carboxylic acids is 1. The van der Waals surface area contributed by atoms with Crippen molar-refractivity contribution in [1.82, 2.24) is 14.6 Å². The number of thiazole rings is 1. The second kappa shape index (κ2) is 10.3. The average molecular weight is 473 g/mol. The lowest BCUT2D eigenvalue weighted by atomic mass is 9.84. The molecular weight excluding hydrogens is 440 g/mol. The Morgan fingerprint density at radius 3 is 2.32 bits per heavy atom. The van der Waals surface area contributed by atoms with Crippen LogP contribution in [0.1, 0.15) is 70.4 Å². The summed E-state index contributed by atoms with van der Waals surface area (Å²) in [7, 11) is -4.01. The highest BCUT2D eigenvalue weighted by Crippen LogP contribution is 2.33. The van der Waals surface area contributed by atoms with Crippen LogP contribution < -0.4 is 10.0 Å². The molecule has 1 heterocycles. The van der Waals surface area contributed by atoms with Gasteiger partial charge in [0, 0.05) is 12.1 Å². The minimum absolute atomic E-state index is 0.0836. The maximum atomic E-state index is 13.3. The van der Waals surface area contributed by atoms with Gasteiger partial charge in [-0.3, -0.25) is 10.1 Å². The molecule has 1 aromatic heterocycles. The van der Waals surface area contributed by atoms with Gasteiger partial charge in [0.15, 0.2) is 9.34 Å². The number of aryl methyl sites for hydroxylation is 1. The van der Waals surface area contributed by atoms with Crippen LogP contribution in [-0.4, -0.2) is 54.0 Å². The number of carboxylic acids is 1. The van der Waals surface area contributed by atoms with Gasteiger partial charge in [0.25, 0.3) is 10.0 Å². The summed E-state index contributed by atoms with van der Waals surface area (Å²) in [5.41, 5.74) is 0.230. The Morgan fingerprint density at radius 2 is 1.71 bits per heavy atom. The van der Waals surface area contributed by atoms with E-state index in [9.17, 15) is 18.0 Å². The molecule has 0 spiro atoms. The maximum Gasteiger partial charge on any atom is 0.324 e. The van der Waals surface area contributed by atoms with E-state index in [2.05, 4.69) is 17.2 Å². The summed E-state index contributed by atoms with van der Waals surface area (Å²) in [5, 5.41) is 11.8. The van der Waals surface area contributed by atoms with Gasteiger partial charge in [-0.2, -0.15) is 4.72 Å². The van der Waals surface area contributed by atoms with Crippen LogP contribution in [-0.2, 0) is 14.8 Å². The third-order valence-corrected chi connectivity index (χ3v) is 9.29. The lowest BCUT2D eigenvalue weighted by Gasteiger charge is -2.42. The molecule has 3 rings (SSSR count). The minimum atomic E-state index is -4.01. The lowest BCUT2D eigenvalue weighted by molar-refractivity contribution is -0.135. The predicted molar refractivity (Wildman–Crippen MR) is 119 cm³/mol. The molecule has 174 valence electrons. The number of amides is 2. The molecule has 0 bridgehead atoms. The van der Waals surface area contributed by atoms with Gasteiger partial charge in [0.1, 0.15) is 6.54 Å². The summed E-state index contributed by atoms with van der Waals surface area (Å²) in [5.74, 6) is -0.593. The zero-order chi connectivity index (χ0) is 22.6. The van der Waals surface area contributed by atoms with E-state index in [-0.39, 0.29) is 33.1 Å². The summed E-state index contributed by atoms with van der Waals surface area (Å²) < 4.78 is 26.7. The van der Waals surface area contributed by atoms with Crippen LogP contribution >= 0.6 is 11.3 Å². The molecular formula is C20H32N4O5S2. The van der Waals surface area contributed by atoms with Crippen molar-refractivity contribution in [2.45, 2.75) is 87.9 Å². The Morgan fingerprint density at radius 1 is 1.10 bits per heavy atom. The van der Waals surface area contributed by atoms with Gasteiger partial charge in [-0.15, -0.1) is 0 Å². The summed E-state index contributed by atoms with van der Waals surface area (Å²) in [6.07, 6.45) is 9.61. The smallest absolute Gasteiger partial charge is 0.324 e. The molecule has 0 radical (unpaired) electrons. The Labute approximate surface area is 187 Å². The molecule has 9 nitrogen and oxygen atoms in total.